The Balaban J connectivity index is 1.94. The average Bonchev–Trinajstić information content (AvgIpc) is 2.70. The number of hydrogen-bond donors (Lipinski definition) is 0. The van der Waals surface area contributed by atoms with Gasteiger partial charge in [-0.1, -0.05) is 15.9 Å². The molecule has 84 valence electrons. The molecule has 1 nitrogen and oxygen atoms in total. The third kappa shape index (κ3) is 2.63. The molecule has 0 spiro atoms. The van der Waals surface area contributed by atoms with Crippen LogP contribution in [0.2, 0.25) is 0 Å². The van der Waals surface area contributed by atoms with Gasteiger partial charge in [-0.05, 0) is 49.7 Å². The van der Waals surface area contributed by atoms with Crippen molar-refractivity contribution in [1.29, 1.82) is 0 Å². The number of rotatable bonds is 4. The topological polar surface area (TPSA) is 3.24 Å². The molecule has 0 N–H and O–H groups in total. The van der Waals surface area contributed by atoms with Crippen LogP contribution in [-0.4, -0.2) is 23.3 Å². The van der Waals surface area contributed by atoms with Gasteiger partial charge in [0, 0.05) is 22.8 Å². The number of unbranched alkanes of at least 4 members (excludes halogenated alkanes) is 1. The van der Waals surface area contributed by atoms with Gasteiger partial charge in [0.15, 0.2) is 0 Å². The van der Waals surface area contributed by atoms with E-state index < -0.39 is 0 Å². The molecule has 0 fully saturated rings. The summed E-state index contributed by atoms with van der Waals surface area (Å²) < 4.78 is 0. The minimum Gasteiger partial charge on any atom is -0.296 e. The maximum atomic E-state index is 3.49. The summed E-state index contributed by atoms with van der Waals surface area (Å²) in [5.74, 6) is 0. The minimum absolute atomic E-state index is 0.635. The van der Waals surface area contributed by atoms with Gasteiger partial charge in [-0.3, -0.25) is 4.90 Å². The van der Waals surface area contributed by atoms with E-state index in [2.05, 4.69) is 39.2 Å². The molecular formula is C12H18BrNS. The number of thiophene rings is 1. The Hall–Kier alpha value is 0.140. The van der Waals surface area contributed by atoms with Crippen LogP contribution in [0, 0.1) is 0 Å². The smallest absolute Gasteiger partial charge is 0.0331 e. The molecule has 1 aromatic heterocycles. The van der Waals surface area contributed by atoms with Crippen molar-refractivity contribution in [3.05, 3.63) is 21.9 Å². The van der Waals surface area contributed by atoms with Crippen LogP contribution in [0.25, 0.3) is 0 Å². The van der Waals surface area contributed by atoms with Gasteiger partial charge in [0.2, 0.25) is 0 Å². The first kappa shape index (κ1) is 11.6. The van der Waals surface area contributed by atoms with E-state index in [4.69, 9.17) is 0 Å². The first-order chi connectivity index (χ1) is 7.33. The molecule has 0 radical (unpaired) electrons. The lowest BCUT2D eigenvalue weighted by molar-refractivity contribution is 0.197. The predicted octanol–water partition coefficient (Wildman–Crippen LogP) is 3.84. The Labute approximate surface area is 105 Å². The largest absolute Gasteiger partial charge is 0.296 e. The standard InChI is InChI=1S/C12H18BrNS/c1-10-11-5-9-15-12(11)4-8-14(10)7-3-2-6-13/h5,9-10H,2-4,6-8H2,1H3. The van der Waals surface area contributed by atoms with E-state index in [9.17, 15) is 0 Å². The summed E-state index contributed by atoms with van der Waals surface area (Å²) in [6, 6.07) is 2.94. The van der Waals surface area contributed by atoms with Gasteiger partial charge < -0.3 is 0 Å². The SMILES string of the molecule is CC1c2ccsc2CCN1CCCCBr. The predicted molar refractivity (Wildman–Crippen MR) is 71.0 cm³/mol. The molecule has 1 aliphatic rings. The van der Waals surface area contributed by atoms with Crippen molar-refractivity contribution in [3.8, 4) is 0 Å². The molecule has 1 unspecified atom stereocenters. The summed E-state index contributed by atoms with van der Waals surface area (Å²) in [4.78, 5) is 4.23. The quantitative estimate of drug-likeness (QED) is 0.601. The second kappa shape index (κ2) is 5.46. The summed E-state index contributed by atoms with van der Waals surface area (Å²) >= 11 is 5.42. The van der Waals surface area contributed by atoms with Crippen LogP contribution in [0.15, 0.2) is 11.4 Å². The lowest BCUT2D eigenvalue weighted by Gasteiger charge is -2.33. The van der Waals surface area contributed by atoms with E-state index in [-0.39, 0.29) is 0 Å². The van der Waals surface area contributed by atoms with Crippen molar-refractivity contribution < 1.29 is 0 Å². The molecule has 1 aliphatic heterocycles. The fourth-order valence-corrected chi connectivity index (χ4v) is 3.64. The van der Waals surface area contributed by atoms with Crippen molar-refractivity contribution >= 4 is 27.3 Å². The molecule has 1 aromatic rings. The fourth-order valence-electron chi connectivity index (χ4n) is 2.28. The lowest BCUT2D eigenvalue weighted by atomic mass is 10.0. The molecular weight excluding hydrogens is 270 g/mol. The Morgan fingerprint density at radius 3 is 3.20 bits per heavy atom. The van der Waals surface area contributed by atoms with Gasteiger partial charge in [0.05, 0.1) is 0 Å². The van der Waals surface area contributed by atoms with Crippen molar-refractivity contribution in [3.63, 3.8) is 0 Å². The van der Waals surface area contributed by atoms with Crippen molar-refractivity contribution in [1.82, 2.24) is 4.90 Å². The number of fused-ring (bicyclic) bond motifs is 1. The van der Waals surface area contributed by atoms with E-state index in [1.165, 1.54) is 32.4 Å². The van der Waals surface area contributed by atoms with Crippen LogP contribution in [0.5, 0.6) is 0 Å². The van der Waals surface area contributed by atoms with Gasteiger partial charge in [-0.25, -0.2) is 0 Å². The third-order valence-corrected chi connectivity index (χ3v) is 4.79. The van der Waals surface area contributed by atoms with Crippen LogP contribution < -0.4 is 0 Å². The molecule has 3 heteroatoms. The van der Waals surface area contributed by atoms with Gasteiger partial charge >= 0.3 is 0 Å². The third-order valence-electron chi connectivity index (χ3n) is 3.23. The van der Waals surface area contributed by atoms with Crippen LogP contribution in [0.3, 0.4) is 0 Å². The molecule has 0 bridgehead atoms. The second-order valence-corrected chi connectivity index (χ2v) is 5.95. The summed E-state index contributed by atoms with van der Waals surface area (Å²) in [6.07, 6.45) is 3.86. The van der Waals surface area contributed by atoms with Gasteiger partial charge in [-0.2, -0.15) is 0 Å². The average molecular weight is 288 g/mol. The molecule has 1 atom stereocenters. The maximum absolute atomic E-state index is 3.49. The monoisotopic (exact) mass is 287 g/mol. The highest BCUT2D eigenvalue weighted by Crippen LogP contribution is 2.32. The van der Waals surface area contributed by atoms with E-state index in [1.807, 2.05) is 11.3 Å². The molecule has 2 rings (SSSR count). The highest BCUT2D eigenvalue weighted by molar-refractivity contribution is 9.09. The van der Waals surface area contributed by atoms with Crippen molar-refractivity contribution in [2.45, 2.75) is 32.2 Å². The summed E-state index contributed by atoms with van der Waals surface area (Å²) in [7, 11) is 0. The Kier molecular flexibility index (Phi) is 4.23. The summed E-state index contributed by atoms with van der Waals surface area (Å²) in [6.45, 7) is 4.85. The Bertz CT molecular complexity index is 310. The van der Waals surface area contributed by atoms with Crippen LogP contribution in [0.1, 0.15) is 36.2 Å². The fraction of sp³-hybridized carbons (Fsp3) is 0.667. The maximum Gasteiger partial charge on any atom is 0.0331 e. The highest BCUT2D eigenvalue weighted by atomic mass is 79.9. The number of alkyl halides is 1. The lowest BCUT2D eigenvalue weighted by Crippen LogP contribution is -2.33. The summed E-state index contributed by atoms with van der Waals surface area (Å²) in [5.41, 5.74) is 1.57. The number of nitrogens with zero attached hydrogens (tertiary/aromatic N) is 1. The molecule has 0 saturated heterocycles. The highest BCUT2D eigenvalue weighted by Gasteiger charge is 2.23. The van der Waals surface area contributed by atoms with Gasteiger partial charge in [-0.15, -0.1) is 11.3 Å². The molecule has 0 aromatic carbocycles. The van der Waals surface area contributed by atoms with Gasteiger partial charge in [0.25, 0.3) is 0 Å². The minimum atomic E-state index is 0.635. The van der Waals surface area contributed by atoms with Crippen LogP contribution in [0.4, 0.5) is 0 Å². The zero-order valence-corrected chi connectivity index (χ0v) is 11.6. The van der Waals surface area contributed by atoms with Crippen LogP contribution >= 0.6 is 27.3 Å². The van der Waals surface area contributed by atoms with Crippen molar-refractivity contribution in [2.75, 3.05) is 18.4 Å². The zero-order valence-electron chi connectivity index (χ0n) is 9.21. The molecule has 0 amide bonds. The first-order valence-electron chi connectivity index (χ1n) is 5.69. The van der Waals surface area contributed by atoms with Gasteiger partial charge in [0.1, 0.15) is 0 Å². The Morgan fingerprint density at radius 1 is 1.53 bits per heavy atom. The Morgan fingerprint density at radius 2 is 2.40 bits per heavy atom. The van der Waals surface area contributed by atoms with E-state index in [0.29, 0.717) is 6.04 Å². The first-order valence-corrected chi connectivity index (χ1v) is 7.69. The summed E-state index contributed by atoms with van der Waals surface area (Å²) in [5, 5.41) is 3.38. The second-order valence-electron chi connectivity index (χ2n) is 4.16. The molecule has 0 aliphatic carbocycles. The molecule has 2 heterocycles. The number of hydrogen-bond acceptors (Lipinski definition) is 2. The van der Waals surface area contributed by atoms with Crippen molar-refractivity contribution in [2.24, 2.45) is 0 Å². The zero-order chi connectivity index (χ0) is 10.7. The molecule has 15 heavy (non-hydrogen) atoms. The van der Waals surface area contributed by atoms with E-state index >= 15 is 0 Å². The van der Waals surface area contributed by atoms with Crippen LogP contribution in [-0.2, 0) is 6.42 Å². The normalized spacial score (nSPS) is 21.6. The number of halogens is 1. The van der Waals surface area contributed by atoms with E-state index in [1.54, 1.807) is 10.4 Å². The van der Waals surface area contributed by atoms with E-state index in [0.717, 1.165) is 5.33 Å². The molecule has 0 saturated carbocycles.